The number of nitrogens with one attached hydrogen (secondary N) is 2. The van der Waals surface area contributed by atoms with Gasteiger partial charge in [-0.05, 0) is 47.5 Å². The summed E-state index contributed by atoms with van der Waals surface area (Å²) in [5.74, 6) is 0.250. The number of pyridine rings is 1. The highest BCUT2D eigenvalue weighted by Crippen LogP contribution is 2.22. The van der Waals surface area contributed by atoms with Gasteiger partial charge in [-0.25, -0.2) is 4.98 Å². The molecule has 0 unspecified atom stereocenters. The Bertz CT molecular complexity index is 706. The maximum atomic E-state index is 12.2. The maximum absolute atomic E-state index is 12.2. The van der Waals surface area contributed by atoms with Gasteiger partial charge in [0.25, 0.3) is 5.91 Å². The minimum absolute atomic E-state index is 0.0477. The molecule has 0 bridgehead atoms. The fraction of sp³-hybridized carbons (Fsp3) is 0.235. The molecule has 2 N–H and O–H groups in total. The normalized spacial score (nSPS) is 11.0. The van der Waals surface area contributed by atoms with E-state index in [9.17, 15) is 4.79 Å². The van der Waals surface area contributed by atoms with E-state index in [0.29, 0.717) is 16.4 Å². The van der Waals surface area contributed by atoms with Crippen LogP contribution in [0.1, 0.15) is 36.7 Å². The molecule has 4 nitrogen and oxygen atoms in total. The predicted octanol–water partition coefficient (Wildman–Crippen LogP) is 4.16. The van der Waals surface area contributed by atoms with Gasteiger partial charge >= 0.3 is 0 Å². The van der Waals surface area contributed by atoms with Gasteiger partial charge in [0.2, 0.25) is 0 Å². The fourth-order valence-electron chi connectivity index (χ4n) is 1.89. The number of carbonyl (C=O) groups is 1. The van der Waals surface area contributed by atoms with Crippen LogP contribution in [0, 0.1) is 0 Å². The zero-order valence-electron chi connectivity index (χ0n) is 13.2. The quantitative estimate of drug-likeness (QED) is 0.801. The van der Waals surface area contributed by atoms with Crippen molar-refractivity contribution < 1.29 is 4.79 Å². The van der Waals surface area contributed by atoms with Crippen LogP contribution in [0.4, 0.5) is 5.82 Å². The SMILES string of the molecule is CC(C)(C)c1ccc(C(=O)NC(=S)Nc2ccc(Cl)cn2)cc1. The highest BCUT2D eigenvalue weighted by atomic mass is 35.5. The Hall–Kier alpha value is -1.98. The number of aromatic nitrogens is 1. The average molecular weight is 348 g/mol. The lowest BCUT2D eigenvalue weighted by molar-refractivity contribution is 0.0977. The van der Waals surface area contributed by atoms with Crippen molar-refractivity contribution in [3.8, 4) is 0 Å². The second kappa shape index (κ2) is 7.06. The molecule has 2 aromatic rings. The minimum Gasteiger partial charge on any atom is -0.317 e. The smallest absolute Gasteiger partial charge is 0.257 e. The van der Waals surface area contributed by atoms with E-state index in [-0.39, 0.29) is 16.4 Å². The second-order valence-electron chi connectivity index (χ2n) is 6.10. The van der Waals surface area contributed by atoms with E-state index in [1.807, 2.05) is 12.1 Å². The third-order valence-electron chi connectivity index (χ3n) is 3.21. The van der Waals surface area contributed by atoms with Crippen LogP contribution in [-0.4, -0.2) is 16.0 Å². The van der Waals surface area contributed by atoms with Gasteiger partial charge in [-0.3, -0.25) is 10.1 Å². The van der Waals surface area contributed by atoms with Crippen LogP contribution in [0.25, 0.3) is 0 Å². The zero-order valence-corrected chi connectivity index (χ0v) is 14.8. The van der Waals surface area contributed by atoms with Gasteiger partial charge in [-0.15, -0.1) is 0 Å². The van der Waals surface area contributed by atoms with E-state index >= 15 is 0 Å². The molecule has 1 heterocycles. The Kier molecular flexibility index (Phi) is 5.34. The Morgan fingerprint density at radius 2 is 1.78 bits per heavy atom. The second-order valence-corrected chi connectivity index (χ2v) is 6.94. The third kappa shape index (κ3) is 5.01. The van der Waals surface area contributed by atoms with Crippen LogP contribution >= 0.6 is 23.8 Å². The van der Waals surface area contributed by atoms with Crippen molar-refractivity contribution in [3.05, 3.63) is 58.7 Å². The van der Waals surface area contributed by atoms with Crippen LogP contribution < -0.4 is 10.6 Å². The first-order valence-electron chi connectivity index (χ1n) is 7.10. The molecule has 0 radical (unpaired) electrons. The number of rotatable bonds is 2. The molecule has 0 fully saturated rings. The summed E-state index contributed by atoms with van der Waals surface area (Å²) >= 11 is 10.9. The lowest BCUT2D eigenvalue weighted by Crippen LogP contribution is -2.34. The average Bonchev–Trinajstić information content (AvgIpc) is 2.49. The minimum atomic E-state index is -0.267. The molecule has 1 aromatic carbocycles. The molecule has 0 saturated heterocycles. The van der Waals surface area contributed by atoms with Gasteiger partial charge in [0.05, 0.1) is 5.02 Å². The lowest BCUT2D eigenvalue weighted by atomic mass is 9.87. The van der Waals surface area contributed by atoms with E-state index in [1.165, 1.54) is 11.8 Å². The Balaban J connectivity index is 1.98. The van der Waals surface area contributed by atoms with Gasteiger partial charge in [-0.2, -0.15) is 0 Å². The summed E-state index contributed by atoms with van der Waals surface area (Å²) in [6.07, 6.45) is 1.50. The number of nitrogens with zero attached hydrogens (tertiary/aromatic N) is 1. The van der Waals surface area contributed by atoms with E-state index in [4.69, 9.17) is 23.8 Å². The summed E-state index contributed by atoms with van der Waals surface area (Å²) < 4.78 is 0. The van der Waals surface area contributed by atoms with Gasteiger partial charge in [0, 0.05) is 11.8 Å². The van der Waals surface area contributed by atoms with Gasteiger partial charge in [0.1, 0.15) is 5.82 Å². The van der Waals surface area contributed by atoms with Crippen LogP contribution in [0.2, 0.25) is 5.02 Å². The Labute approximate surface area is 146 Å². The van der Waals surface area contributed by atoms with Crippen molar-refractivity contribution in [1.82, 2.24) is 10.3 Å². The van der Waals surface area contributed by atoms with Crippen LogP contribution in [0.5, 0.6) is 0 Å². The van der Waals surface area contributed by atoms with Crippen molar-refractivity contribution in [2.45, 2.75) is 26.2 Å². The molecule has 0 spiro atoms. The molecule has 0 saturated carbocycles. The number of carbonyl (C=O) groups excluding carboxylic acids is 1. The summed E-state index contributed by atoms with van der Waals surface area (Å²) in [6, 6.07) is 10.8. The van der Waals surface area contributed by atoms with Gasteiger partial charge in [-0.1, -0.05) is 44.5 Å². The van der Waals surface area contributed by atoms with Crippen molar-refractivity contribution in [2.24, 2.45) is 0 Å². The monoisotopic (exact) mass is 347 g/mol. The Morgan fingerprint density at radius 3 is 2.30 bits per heavy atom. The van der Waals surface area contributed by atoms with Crippen molar-refractivity contribution in [3.63, 3.8) is 0 Å². The van der Waals surface area contributed by atoms with Crippen LogP contribution in [0.15, 0.2) is 42.6 Å². The topological polar surface area (TPSA) is 54.0 Å². The molecular formula is C17H18ClN3OS. The van der Waals surface area contributed by atoms with E-state index < -0.39 is 0 Å². The van der Waals surface area contributed by atoms with Gasteiger partial charge < -0.3 is 5.32 Å². The van der Waals surface area contributed by atoms with Crippen LogP contribution in [-0.2, 0) is 5.41 Å². The first-order valence-corrected chi connectivity index (χ1v) is 7.89. The molecule has 0 aliphatic heterocycles. The zero-order chi connectivity index (χ0) is 17.0. The number of benzene rings is 1. The van der Waals surface area contributed by atoms with Crippen molar-refractivity contribution in [1.29, 1.82) is 0 Å². The molecule has 6 heteroatoms. The number of halogens is 1. The first kappa shape index (κ1) is 17.4. The van der Waals surface area contributed by atoms with E-state index in [2.05, 4.69) is 36.4 Å². The first-order chi connectivity index (χ1) is 10.8. The molecule has 0 atom stereocenters. The molecule has 120 valence electrons. The summed E-state index contributed by atoms with van der Waals surface area (Å²) in [5, 5.41) is 6.18. The third-order valence-corrected chi connectivity index (χ3v) is 3.64. The maximum Gasteiger partial charge on any atom is 0.257 e. The molecular weight excluding hydrogens is 330 g/mol. The number of hydrogen-bond donors (Lipinski definition) is 2. The summed E-state index contributed by atoms with van der Waals surface area (Å²) in [5.41, 5.74) is 1.76. The number of thiocarbonyl (C=S) groups is 1. The van der Waals surface area contributed by atoms with Crippen molar-refractivity contribution >= 4 is 40.7 Å². The molecule has 0 aliphatic carbocycles. The molecule has 23 heavy (non-hydrogen) atoms. The molecule has 1 aromatic heterocycles. The largest absolute Gasteiger partial charge is 0.317 e. The lowest BCUT2D eigenvalue weighted by Gasteiger charge is -2.19. The predicted molar refractivity (Wildman–Crippen MR) is 98.1 cm³/mol. The highest BCUT2D eigenvalue weighted by molar-refractivity contribution is 7.80. The van der Waals surface area contributed by atoms with Gasteiger partial charge in [0.15, 0.2) is 5.11 Å². The standard InChI is InChI=1S/C17H18ClN3OS/c1-17(2,3)12-6-4-11(5-7-12)15(22)21-16(23)20-14-9-8-13(18)10-19-14/h4-10H,1-3H3,(H2,19,20,21,22,23). The van der Waals surface area contributed by atoms with Crippen LogP contribution in [0.3, 0.4) is 0 Å². The summed E-state index contributed by atoms with van der Waals surface area (Å²) in [4.78, 5) is 16.2. The molecule has 0 aliphatic rings. The fourth-order valence-corrected chi connectivity index (χ4v) is 2.20. The van der Waals surface area contributed by atoms with E-state index in [1.54, 1.807) is 24.3 Å². The molecule has 1 amide bonds. The van der Waals surface area contributed by atoms with Crippen molar-refractivity contribution in [2.75, 3.05) is 5.32 Å². The summed E-state index contributed by atoms with van der Waals surface area (Å²) in [6.45, 7) is 6.38. The number of hydrogen-bond acceptors (Lipinski definition) is 3. The summed E-state index contributed by atoms with van der Waals surface area (Å²) in [7, 11) is 0. The Morgan fingerprint density at radius 1 is 1.13 bits per heavy atom. The molecule has 2 rings (SSSR count). The van der Waals surface area contributed by atoms with E-state index in [0.717, 1.165) is 0 Å². The number of anilines is 1. The highest BCUT2D eigenvalue weighted by Gasteiger charge is 2.14. The number of amides is 1.